The van der Waals surface area contributed by atoms with Crippen molar-refractivity contribution in [2.75, 3.05) is 12.8 Å². The van der Waals surface area contributed by atoms with Crippen molar-refractivity contribution in [3.8, 4) is 5.75 Å². The summed E-state index contributed by atoms with van der Waals surface area (Å²) in [6.07, 6.45) is 1.73. The predicted octanol–water partition coefficient (Wildman–Crippen LogP) is 5.18. The van der Waals surface area contributed by atoms with Crippen LogP contribution in [0.25, 0.3) is 0 Å². The van der Waals surface area contributed by atoms with Gasteiger partial charge in [0.05, 0.1) is 0 Å². The van der Waals surface area contributed by atoms with Crippen LogP contribution in [0.1, 0.15) is 10.4 Å². The molecule has 4 aromatic rings. The van der Waals surface area contributed by atoms with Gasteiger partial charge in [0.2, 0.25) is 0 Å². The molecule has 158 valence electrons. The molecule has 0 bridgehead atoms. The first-order valence-corrected chi connectivity index (χ1v) is 12.4. The SMILES string of the molecule is Br.O=Cc1ccccc1OCC[PH](c1ccccc1)(c1ccccc1)c1ccccc1. The summed E-state index contributed by atoms with van der Waals surface area (Å²) in [4.78, 5) is 11.4. The van der Waals surface area contributed by atoms with Crippen LogP contribution in [0.15, 0.2) is 115 Å². The molecule has 4 rings (SSSR count). The standard InChI is InChI=1S/C27H25O2P.BrH/c28-22-23-12-10-11-19-27(23)29-20-21-30(24-13-4-1-5-14-24,25-15-6-2-7-16-25)26-17-8-3-9-18-26;/h1-19,22,30H,20-21H2;1H. The molecular weight excluding hydrogens is 467 g/mol. The van der Waals surface area contributed by atoms with Crippen LogP contribution in [0, 0.1) is 0 Å². The quantitative estimate of drug-likeness (QED) is 0.250. The molecule has 0 aromatic heterocycles. The Labute approximate surface area is 195 Å². The van der Waals surface area contributed by atoms with E-state index in [0.29, 0.717) is 17.9 Å². The molecule has 4 aromatic carbocycles. The van der Waals surface area contributed by atoms with Crippen molar-refractivity contribution >= 4 is 46.4 Å². The van der Waals surface area contributed by atoms with Crippen molar-refractivity contribution in [3.05, 3.63) is 121 Å². The first-order chi connectivity index (χ1) is 14.8. The van der Waals surface area contributed by atoms with Gasteiger partial charge in [-0.3, -0.25) is 0 Å². The summed E-state index contributed by atoms with van der Waals surface area (Å²) in [5.74, 6) is 0.643. The van der Waals surface area contributed by atoms with Crippen LogP contribution in [-0.4, -0.2) is 19.1 Å². The summed E-state index contributed by atoms with van der Waals surface area (Å²) in [5, 5.41) is 4.07. The van der Waals surface area contributed by atoms with Crippen molar-refractivity contribution in [2.24, 2.45) is 0 Å². The van der Waals surface area contributed by atoms with Crippen LogP contribution in [0.3, 0.4) is 0 Å². The van der Waals surface area contributed by atoms with Crippen molar-refractivity contribution in [2.45, 2.75) is 0 Å². The first kappa shape index (κ1) is 22.9. The second-order valence-electron chi connectivity index (χ2n) is 7.26. The normalized spacial score (nSPS) is 11.2. The third kappa shape index (κ3) is 4.95. The van der Waals surface area contributed by atoms with Gasteiger partial charge in [-0.15, -0.1) is 17.0 Å². The van der Waals surface area contributed by atoms with Gasteiger partial charge in [0.15, 0.2) is 0 Å². The van der Waals surface area contributed by atoms with Gasteiger partial charge in [-0.25, -0.2) is 0 Å². The molecule has 0 unspecified atom stereocenters. The topological polar surface area (TPSA) is 26.3 Å². The fourth-order valence-corrected chi connectivity index (χ4v) is 8.68. The maximum atomic E-state index is 11.4. The van der Waals surface area contributed by atoms with Gasteiger partial charge in [-0.05, 0) is 0 Å². The molecule has 4 heteroatoms. The fraction of sp³-hybridized carbons (Fsp3) is 0.0741. The summed E-state index contributed by atoms with van der Waals surface area (Å²) >= 11 is 0. The van der Waals surface area contributed by atoms with Crippen LogP contribution in [0.4, 0.5) is 0 Å². The molecular formula is C27H26BrO2P. The van der Waals surface area contributed by atoms with Gasteiger partial charge in [-0.2, -0.15) is 0 Å². The number of carbonyl (C=O) groups is 1. The monoisotopic (exact) mass is 492 g/mol. The molecule has 0 aliphatic carbocycles. The fourth-order valence-electron chi connectivity index (χ4n) is 4.12. The molecule has 0 amide bonds. The van der Waals surface area contributed by atoms with E-state index in [1.807, 2.05) is 18.2 Å². The zero-order valence-electron chi connectivity index (χ0n) is 17.2. The molecule has 0 spiro atoms. The first-order valence-electron chi connectivity index (χ1n) is 10.2. The number of hydrogen-bond donors (Lipinski definition) is 0. The number of para-hydroxylation sites is 1. The Morgan fingerprint density at radius 3 is 1.48 bits per heavy atom. The third-order valence-corrected chi connectivity index (χ3v) is 10.5. The third-order valence-electron chi connectivity index (χ3n) is 5.58. The second kappa shape index (κ2) is 11.0. The van der Waals surface area contributed by atoms with Crippen LogP contribution >= 0.6 is 24.2 Å². The van der Waals surface area contributed by atoms with E-state index in [2.05, 4.69) is 91.0 Å². The average molecular weight is 493 g/mol. The number of benzene rings is 4. The molecule has 0 aliphatic rings. The van der Waals surface area contributed by atoms with Gasteiger partial charge in [0, 0.05) is 0 Å². The molecule has 31 heavy (non-hydrogen) atoms. The number of rotatable bonds is 8. The van der Waals surface area contributed by atoms with Crippen LogP contribution in [0.2, 0.25) is 0 Å². The summed E-state index contributed by atoms with van der Waals surface area (Å²) in [6.45, 7) is 0.537. The Morgan fingerprint density at radius 2 is 1.03 bits per heavy atom. The van der Waals surface area contributed by atoms with E-state index < -0.39 is 7.26 Å². The zero-order valence-corrected chi connectivity index (χ0v) is 19.9. The van der Waals surface area contributed by atoms with E-state index in [1.54, 1.807) is 6.07 Å². The summed E-state index contributed by atoms with van der Waals surface area (Å²) in [5.41, 5.74) is 0.587. The molecule has 0 atom stereocenters. The Hall–Kier alpha value is -2.74. The van der Waals surface area contributed by atoms with Crippen molar-refractivity contribution in [1.29, 1.82) is 0 Å². The zero-order chi connectivity index (χ0) is 20.7. The van der Waals surface area contributed by atoms with E-state index in [1.165, 1.54) is 15.9 Å². The Balaban J connectivity index is 0.00000272. The Bertz CT molecular complexity index is 989. The molecule has 0 aliphatic heterocycles. The van der Waals surface area contributed by atoms with Crippen LogP contribution in [-0.2, 0) is 0 Å². The molecule has 0 saturated carbocycles. The molecule has 0 saturated heterocycles. The van der Waals surface area contributed by atoms with Gasteiger partial charge >= 0.3 is 178 Å². The van der Waals surface area contributed by atoms with Crippen LogP contribution < -0.4 is 20.7 Å². The van der Waals surface area contributed by atoms with E-state index >= 15 is 0 Å². The number of hydrogen-bond acceptors (Lipinski definition) is 2. The van der Waals surface area contributed by atoms with Gasteiger partial charge in [0.25, 0.3) is 0 Å². The van der Waals surface area contributed by atoms with Crippen molar-refractivity contribution < 1.29 is 9.53 Å². The van der Waals surface area contributed by atoms with Gasteiger partial charge < -0.3 is 0 Å². The summed E-state index contributed by atoms with van der Waals surface area (Å²) < 4.78 is 6.15. The maximum absolute atomic E-state index is 11.4. The minimum atomic E-state index is -2.32. The molecule has 2 nitrogen and oxygen atoms in total. The van der Waals surface area contributed by atoms with E-state index in [9.17, 15) is 4.79 Å². The van der Waals surface area contributed by atoms with Gasteiger partial charge in [0.1, 0.15) is 0 Å². The number of halogens is 1. The van der Waals surface area contributed by atoms with Crippen LogP contribution in [0.5, 0.6) is 5.75 Å². The number of ether oxygens (including phenoxy) is 1. The molecule has 0 fully saturated rings. The van der Waals surface area contributed by atoms with Crippen molar-refractivity contribution in [1.82, 2.24) is 0 Å². The van der Waals surface area contributed by atoms with E-state index in [4.69, 9.17) is 4.74 Å². The van der Waals surface area contributed by atoms with E-state index in [-0.39, 0.29) is 17.0 Å². The van der Waals surface area contributed by atoms with Crippen molar-refractivity contribution in [3.63, 3.8) is 0 Å². The second-order valence-corrected chi connectivity index (χ2v) is 11.3. The predicted molar refractivity (Wildman–Crippen MR) is 139 cm³/mol. The number of carbonyl (C=O) groups excluding carboxylic acids is 1. The summed E-state index contributed by atoms with van der Waals surface area (Å²) in [6, 6.07) is 39.8. The number of aldehydes is 1. The summed E-state index contributed by atoms with van der Waals surface area (Å²) in [7, 11) is -2.32. The Kier molecular flexibility index (Phi) is 8.17. The van der Waals surface area contributed by atoms with E-state index in [0.717, 1.165) is 12.4 Å². The average Bonchev–Trinajstić information content (AvgIpc) is 2.84. The molecule has 0 heterocycles. The molecule has 0 N–H and O–H groups in total. The van der Waals surface area contributed by atoms with Gasteiger partial charge in [-0.1, -0.05) is 0 Å². The molecule has 0 radical (unpaired) electrons. The minimum absolute atomic E-state index is 0. The Morgan fingerprint density at radius 1 is 0.613 bits per heavy atom.